The Balaban J connectivity index is 2.64. The molecule has 22 heavy (non-hydrogen) atoms. The molecule has 0 saturated heterocycles. The lowest BCUT2D eigenvalue weighted by Crippen LogP contribution is -2.36. The van der Waals surface area contributed by atoms with Crippen molar-refractivity contribution in [1.82, 2.24) is 0 Å². The zero-order valence-electron chi connectivity index (χ0n) is 21.5. The van der Waals surface area contributed by atoms with Crippen LogP contribution in [0.3, 0.4) is 0 Å². The van der Waals surface area contributed by atoms with Gasteiger partial charge in [-0.05, 0) is 33.2 Å². The van der Waals surface area contributed by atoms with Gasteiger partial charge in [0, 0.05) is 10.8 Å². The molecule has 2 aromatic carbocycles. The molecule has 0 spiro atoms. The molecule has 0 heterocycles. The fourth-order valence-corrected chi connectivity index (χ4v) is 3.22. The predicted molar refractivity (Wildman–Crippen MR) is 95.8 cm³/mol. The van der Waals surface area contributed by atoms with E-state index in [1.807, 2.05) is 48.5 Å². The highest BCUT2D eigenvalue weighted by Crippen LogP contribution is 2.50. The molecular formula is C22H28. The van der Waals surface area contributed by atoms with Gasteiger partial charge in [-0.25, -0.2) is 0 Å². The Kier molecular flexibility index (Phi) is 1.81. The second kappa shape index (κ2) is 4.47. The highest BCUT2D eigenvalue weighted by molar-refractivity contribution is 5.59. The van der Waals surface area contributed by atoms with E-state index >= 15 is 0 Å². The van der Waals surface area contributed by atoms with Crippen molar-refractivity contribution in [3.8, 4) is 0 Å². The third-order valence-electron chi connectivity index (χ3n) is 4.75. The molecule has 0 fully saturated rings. The van der Waals surface area contributed by atoms with E-state index < -0.39 is 16.2 Å². The van der Waals surface area contributed by atoms with Gasteiger partial charge in [0.15, 0.2) is 0 Å². The molecule has 0 saturated carbocycles. The number of fused-ring (bicyclic) bond motifs is 2. The number of hydrogen-bond donors (Lipinski definition) is 0. The molecule has 1 aliphatic rings. The van der Waals surface area contributed by atoms with E-state index in [0.717, 1.165) is 0 Å². The molecule has 0 aliphatic heterocycles. The zero-order chi connectivity index (χ0) is 22.4. The van der Waals surface area contributed by atoms with E-state index in [1.54, 1.807) is 0 Å². The summed E-state index contributed by atoms with van der Waals surface area (Å²) in [6.07, 6.45) is 0. The van der Waals surface area contributed by atoms with Gasteiger partial charge in [-0.3, -0.25) is 0 Å². The Morgan fingerprint density at radius 1 is 0.727 bits per heavy atom. The van der Waals surface area contributed by atoms with Gasteiger partial charge >= 0.3 is 0 Å². The van der Waals surface area contributed by atoms with Crippen molar-refractivity contribution in [2.75, 3.05) is 0 Å². The molecule has 0 nitrogen and oxygen atoms in total. The van der Waals surface area contributed by atoms with Crippen molar-refractivity contribution in [2.24, 2.45) is 0 Å². The summed E-state index contributed by atoms with van der Waals surface area (Å²) in [5.41, 5.74) is 0.189. The minimum atomic E-state index is -0.935. The van der Waals surface area contributed by atoms with Gasteiger partial charge in [0.2, 0.25) is 0 Å². The van der Waals surface area contributed by atoms with Gasteiger partial charge in [-0.1, -0.05) is 90.8 Å². The Bertz CT molecular complexity index is 1060. The summed E-state index contributed by atoms with van der Waals surface area (Å²) in [5.74, 6) is 0. The lowest BCUT2D eigenvalue weighted by Gasteiger charge is -2.44. The summed E-state index contributed by atoms with van der Waals surface area (Å²) < 4.78 is 60.0. The maximum atomic E-state index is 9.02. The summed E-state index contributed by atoms with van der Waals surface area (Å²) in [6.45, 7) is 13.1. The van der Waals surface area contributed by atoms with Gasteiger partial charge in [-0.2, -0.15) is 0 Å². The summed E-state index contributed by atoms with van der Waals surface area (Å²) >= 11 is 0. The van der Waals surface area contributed by atoms with Crippen LogP contribution in [-0.4, -0.2) is 0 Å². The maximum absolute atomic E-state index is 9.02. The fraction of sp³-hybridized carbons (Fsp3) is 0.455. The van der Waals surface area contributed by atoms with Crippen molar-refractivity contribution >= 4 is 0 Å². The fourth-order valence-electron chi connectivity index (χ4n) is 3.22. The van der Waals surface area contributed by atoms with Crippen LogP contribution in [0.25, 0.3) is 0 Å². The highest BCUT2D eigenvalue weighted by Gasteiger charge is 2.41. The van der Waals surface area contributed by atoms with Crippen LogP contribution in [0.2, 0.25) is 0 Å². The van der Waals surface area contributed by atoms with Gasteiger partial charge in [0.25, 0.3) is 0 Å². The van der Waals surface area contributed by atoms with Crippen molar-refractivity contribution < 1.29 is 9.60 Å². The second-order valence-electron chi connectivity index (χ2n) is 8.25. The standard InChI is InChI=1S/C22H28/c1-20(2,3)15-12-13-18-19(14-15)22(6,7)17-11-9-8-10-16(17)21(18,4)5/h8-14H,1-7H3/i8D,9D,10D,11D,12D,13D,14D. The summed E-state index contributed by atoms with van der Waals surface area (Å²) in [7, 11) is 0. The third-order valence-corrected chi connectivity index (χ3v) is 4.75. The monoisotopic (exact) mass is 299 g/mol. The summed E-state index contributed by atoms with van der Waals surface area (Å²) in [4.78, 5) is 0. The molecule has 0 atom stereocenters. The van der Waals surface area contributed by atoms with Crippen molar-refractivity contribution in [3.05, 3.63) is 70.1 Å². The van der Waals surface area contributed by atoms with E-state index in [4.69, 9.17) is 9.60 Å². The SMILES string of the molecule is [2H]c1c([2H])c([2H])c2c(c1[2H])C(C)(C)c1c([2H])c([2H])c(C(C)(C)C)c([2H])c1C2(C)C. The van der Waals surface area contributed by atoms with E-state index in [2.05, 4.69) is 0 Å². The van der Waals surface area contributed by atoms with Crippen molar-refractivity contribution in [2.45, 2.75) is 64.7 Å². The van der Waals surface area contributed by atoms with Gasteiger partial charge in [0.1, 0.15) is 0 Å². The third kappa shape index (κ3) is 2.04. The van der Waals surface area contributed by atoms with Crippen LogP contribution < -0.4 is 0 Å². The average molecular weight is 300 g/mol. The molecule has 116 valence electrons. The Morgan fingerprint density at radius 2 is 1.18 bits per heavy atom. The number of benzene rings is 2. The molecule has 0 amide bonds. The molecule has 0 N–H and O–H groups in total. The lowest BCUT2D eigenvalue weighted by atomic mass is 9.59. The van der Waals surface area contributed by atoms with E-state index in [9.17, 15) is 0 Å². The largest absolute Gasteiger partial charge is 0.0629 e. The Hall–Kier alpha value is -1.56. The maximum Gasteiger partial charge on any atom is 0.0629 e. The predicted octanol–water partition coefficient (Wildman–Crippen LogP) is 5.95. The summed E-state index contributed by atoms with van der Waals surface area (Å²) in [6, 6.07) is -0.524. The quantitative estimate of drug-likeness (QED) is 0.564. The molecule has 0 aromatic heterocycles. The summed E-state index contributed by atoms with van der Waals surface area (Å²) in [5, 5.41) is 0. The first kappa shape index (κ1) is 8.91. The number of hydrogen-bond acceptors (Lipinski definition) is 0. The first-order valence-corrected chi connectivity index (χ1v) is 7.75. The smallest absolute Gasteiger partial charge is 0.0619 e. The molecule has 0 bridgehead atoms. The van der Waals surface area contributed by atoms with Crippen LogP contribution in [0.4, 0.5) is 0 Å². The first-order chi connectivity index (χ1) is 13.0. The van der Waals surface area contributed by atoms with Gasteiger partial charge in [0.05, 0.1) is 9.60 Å². The van der Waals surface area contributed by atoms with E-state index in [-0.39, 0.29) is 42.3 Å². The Morgan fingerprint density at radius 3 is 1.68 bits per heavy atom. The van der Waals surface area contributed by atoms with Gasteiger partial charge in [-0.15, -0.1) is 0 Å². The van der Waals surface area contributed by atoms with Gasteiger partial charge < -0.3 is 0 Å². The van der Waals surface area contributed by atoms with Crippen molar-refractivity contribution in [3.63, 3.8) is 0 Å². The molecule has 0 heteroatoms. The topological polar surface area (TPSA) is 0 Å². The van der Waals surface area contributed by atoms with Crippen LogP contribution in [0.1, 0.15) is 85.9 Å². The zero-order valence-corrected chi connectivity index (χ0v) is 14.5. The Labute approximate surface area is 145 Å². The van der Waals surface area contributed by atoms with Crippen molar-refractivity contribution in [1.29, 1.82) is 0 Å². The highest BCUT2D eigenvalue weighted by atomic mass is 14.4. The average Bonchev–Trinajstić information content (AvgIpc) is 2.56. The molecule has 2 aromatic rings. The molecule has 3 rings (SSSR count). The normalized spacial score (nSPS) is 23.0. The first-order valence-electron chi connectivity index (χ1n) is 11.2. The van der Waals surface area contributed by atoms with Crippen LogP contribution in [0.5, 0.6) is 0 Å². The number of rotatable bonds is 0. The minimum absolute atomic E-state index is 0.0226. The van der Waals surface area contributed by atoms with E-state index in [1.165, 1.54) is 0 Å². The minimum Gasteiger partial charge on any atom is -0.0619 e. The molecule has 1 aliphatic carbocycles. The second-order valence-corrected chi connectivity index (χ2v) is 8.25. The lowest BCUT2D eigenvalue weighted by molar-refractivity contribution is 0.514. The van der Waals surface area contributed by atoms with Crippen LogP contribution >= 0.6 is 0 Å². The molecule has 0 radical (unpaired) electrons. The molecule has 0 unspecified atom stereocenters. The van der Waals surface area contributed by atoms with E-state index in [0.29, 0.717) is 27.8 Å². The van der Waals surface area contributed by atoms with Crippen LogP contribution in [0.15, 0.2) is 42.3 Å². The molecular weight excluding hydrogens is 264 g/mol. The van der Waals surface area contributed by atoms with Crippen LogP contribution in [0, 0.1) is 0 Å². The van der Waals surface area contributed by atoms with Crippen LogP contribution in [-0.2, 0) is 16.2 Å².